The Hall–Kier alpha value is -1.38. The lowest BCUT2D eigenvalue weighted by atomic mass is 10.0. The number of hydrogen-bond donors (Lipinski definition) is 1. The summed E-state index contributed by atoms with van der Waals surface area (Å²) in [4.78, 5) is 13.5. The molecule has 23 heavy (non-hydrogen) atoms. The quantitative estimate of drug-likeness (QED) is 0.858. The molecule has 2 fully saturated rings. The standard InChI is InChI=1S/C15H23N3O4S/c16-15(19)13-5-1-2-8-17(13)11-12-6-7-14(22-12)23(20,21)18-9-3-4-10-18/h6-7,13H,1-5,8-11H2,(H2,16,19)/t13-/m1/s1. The minimum Gasteiger partial charge on any atom is -0.447 e. The largest absolute Gasteiger partial charge is 0.447 e. The van der Waals surface area contributed by atoms with E-state index in [2.05, 4.69) is 0 Å². The third kappa shape index (κ3) is 3.44. The highest BCUT2D eigenvalue weighted by molar-refractivity contribution is 7.89. The van der Waals surface area contributed by atoms with Crippen LogP contribution in [0.1, 0.15) is 37.9 Å². The fourth-order valence-corrected chi connectivity index (χ4v) is 4.79. The van der Waals surface area contributed by atoms with E-state index in [-0.39, 0.29) is 17.0 Å². The molecule has 2 aliphatic rings. The molecule has 0 aromatic carbocycles. The minimum absolute atomic E-state index is 0.0120. The number of rotatable bonds is 5. The molecule has 1 atom stereocenters. The molecule has 0 unspecified atom stereocenters. The molecule has 2 saturated heterocycles. The molecular formula is C15H23N3O4S. The Morgan fingerprint density at radius 2 is 1.87 bits per heavy atom. The molecule has 128 valence electrons. The van der Waals surface area contributed by atoms with Crippen molar-refractivity contribution in [3.8, 4) is 0 Å². The summed E-state index contributed by atoms with van der Waals surface area (Å²) in [6.07, 6.45) is 4.51. The SMILES string of the molecule is NC(=O)[C@H]1CCCCN1Cc1ccc(S(=O)(=O)N2CCCC2)o1. The monoisotopic (exact) mass is 341 g/mol. The van der Waals surface area contributed by atoms with E-state index in [1.165, 1.54) is 10.4 Å². The van der Waals surface area contributed by atoms with Crippen LogP contribution in [-0.4, -0.2) is 49.2 Å². The van der Waals surface area contributed by atoms with E-state index < -0.39 is 10.0 Å². The first-order valence-corrected chi connectivity index (χ1v) is 9.55. The number of hydrogen-bond acceptors (Lipinski definition) is 5. The summed E-state index contributed by atoms with van der Waals surface area (Å²) in [5.41, 5.74) is 5.45. The second kappa shape index (κ2) is 6.62. The van der Waals surface area contributed by atoms with Gasteiger partial charge >= 0.3 is 0 Å². The van der Waals surface area contributed by atoms with Crippen LogP contribution in [0, 0.1) is 0 Å². The number of carbonyl (C=O) groups excluding carboxylic acids is 1. The van der Waals surface area contributed by atoms with E-state index in [4.69, 9.17) is 10.2 Å². The zero-order valence-electron chi connectivity index (χ0n) is 13.1. The van der Waals surface area contributed by atoms with Crippen LogP contribution in [0.4, 0.5) is 0 Å². The number of primary amides is 1. The van der Waals surface area contributed by atoms with Crippen molar-refractivity contribution in [3.63, 3.8) is 0 Å². The number of likely N-dealkylation sites (tertiary alicyclic amines) is 1. The fourth-order valence-electron chi connectivity index (χ4n) is 3.34. The van der Waals surface area contributed by atoms with E-state index in [1.54, 1.807) is 6.07 Å². The van der Waals surface area contributed by atoms with Crippen LogP contribution in [0.15, 0.2) is 21.6 Å². The van der Waals surface area contributed by atoms with Gasteiger partial charge in [0.05, 0.1) is 12.6 Å². The van der Waals surface area contributed by atoms with Gasteiger partial charge in [0, 0.05) is 13.1 Å². The Morgan fingerprint density at radius 1 is 1.17 bits per heavy atom. The third-order valence-electron chi connectivity index (χ3n) is 4.60. The summed E-state index contributed by atoms with van der Waals surface area (Å²) < 4.78 is 31.9. The number of piperidine rings is 1. The molecule has 3 rings (SSSR count). The maximum absolute atomic E-state index is 12.5. The molecule has 0 spiro atoms. The smallest absolute Gasteiger partial charge is 0.276 e. The molecule has 0 radical (unpaired) electrons. The molecule has 7 nitrogen and oxygen atoms in total. The average Bonchev–Trinajstić information content (AvgIpc) is 3.19. The van der Waals surface area contributed by atoms with Crippen molar-refractivity contribution in [2.75, 3.05) is 19.6 Å². The summed E-state index contributed by atoms with van der Waals surface area (Å²) in [5, 5.41) is -0.0120. The van der Waals surface area contributed by atoms with Crippen LogP contribution in [0.5, 0.6) is 0 Å². The second-order valence-corrected chi connectivity index (χ2v) is 8.09. The van der Waals surface area contributed by atoms with Crippen molar-refractivity contribution in [1.29, 1.82) is 0 Å². The fraction of sp³-hybridized carbons (Fsp3) is 0.667. The van der Waals surface area contributed by atoms with Gasteiger partial charge in [0.15, 0.2) is 0 Å². The first-order valence-electron chi connectivity index (χ1n) is 8.11. The van der Waals surface area contributed by atoms with E-state index in [0.29, 0.717) is 25.4 Å². The zero-order chi connectivity index (χ0) is 16.4. The molecule has 1 aromatic rings. The van der Waals surface area contributed by atoms with Gasteiger partial charge in [-0.1, -0.05) is 6.42 Å². The summed E-state index contributed by atoms with van der Waals surface area (Å²) in [5.74, 6) is 0.220. The van der Waals surface area contributed by atoms with Crippen LogP contribution in [0.2, 0.25) is 0 Å². The molecule has 0 aliphatic carbocycles. The predicted octanol–water partition coefficient (Wildman–Crippen LogP) is 0.904. The van der Waals surface area contributed by atoms with Gasteiger partial charge in [-0.3, -0.25) is 9.69 Å². The Kier molecular flexibility index (Phi) is 4.74. The van der Waals surface area contributed by atoms with Crippen LogP contribution in [0.25, 0.3) is 0 Å². The lowest BCUT2D eigenvalue weighted by Gasteiger charge is -2.32. The number of furan rings is 1. The first kappa shape index (κ1) is 16.5. The molecule has 1 amide bonds. The van der Waals surface area contributed by atoms with Crippen molar-refractivity contribution in [3.05, 3.63) is 17.9 Å². The molecule has 3 heterocycles. The van der Waals surface area contributed by atoms with Gasteiger partial charge in [0.1, 0.15) is 5.76 Å². The van der Waals surface area contributed by atoms with E-state index in [9.17, 15) is 13.2 Å². The highest BCUT2D eigenvalue weighted by atomic mass is 32.2. The summed E-state index contributed by atoms with van der Waals surface area (Å²) >= 11 is 0. The van der Waals surface area contributed by atoms with Crippen molar-refractivity contribution in [2.45, 2.75) is 49.8 Å². The summed E-state index contributed by atoms with van der Waals surface area (Å²) in [6.45, 7) is 2.27. The van der Waals surface area contributed by atoms with Crippen LogP contribution >= 0.6 is 0 Å². The number of carbonyl (C=O) groups is 1. The number of amides is 1. The van der Waals surface area contributed by atoms with Gasteiger partial charge in [-0.15, -0.1) is 0 Å². The zero-order valence-corrected chi connectivity index (χ0v) is 13.9. The molecule has 0 bridgehead atoms. The van der Waals surface area contributed by atoms with Gasteiger partial charge in [-0.05, 0) is 44.4 Å². The molecule has 2 N–H and O–H groups in total. The van der Waals surface area contributed by atoms with Gasteiger partial charge in [-0.25, -0.2) is 8.42 Å². The number of nitrogens with zero attached hydrogens (tertiary/aromatic N) is 2. The maximum Gasteiger partial charge on any atom is 0.276 e. The van der Waals surface area contributed by atoms with E-state index in [1.807, 2.05) is 4.90 Å². The normalized spacial score (nSPS) is 24.1. The van der Waals surface area contributed by atoms with E-state index in [0.717, 1.165) is 38.6 Å². The first-order chi connectivity index (χ1) is 11.0. The van der Waals surface area contributed by atoms with E-state index >= 15 is 0 Å². The van der Waals surface area contributed by atoms with Crippen LogP contribution in [-0.2, 0) is 21.4 Å². The van der Waals surface area contributed by atoms with Crippen LogP contribution < -0.4 is 5.73 Å². The Morgan fingerprint density at radius 3 is 2.57 bits per heavy atom. The van der Waals surface area contributed by atoms with Crippen LogP contribution in [0.3, 0.4) is 0 Å². The molecule has 0 saturated carbocycles. The predicted molar refractivity (Wildman–Crippen MR) is 83.9 cm³/mol. The second-order valence-electron chi connectivity index (χ2n) is 6.22. The lowest BCUT2D eigenvalue weighted by molar-refractivity contribution is -0.124. The van der Waals surface area contributed by atoms with Crippen molar-refractivity contribution < 1.29 is 17.6 Å². The Labute approximate surface area is 136 Å². The Bertz CT molecular complexity index is 664. The molecule has 1 aromatic heterocycles. The molecular weight excluding hydrogens is 318 g/mol. The van der Waals surface area contributed by atoms with Gasteiger partial charge in [-0.2, -0.15) is 4.31 Å². The topological polar surface area (TPSA) is 96.8 Å². The molecule has 8 heteroatoms. The summed E-state index contributed by atoms with van der Waals surface area (Å²) in [6, 6.07) is 2.88. The molecule has 2 aliphatic heterocycles. The Balaban J connectivity index is 1.73. The van der Waals surface area contributed by atoms with Gasteiger partial charge in [0.25, 0.3) is 10.0 Å². The van der Waals surface area contributed by atoms with Crippen molar-refractivity contribution in [1.82, 2.24) is 9.21 Å². The van der Waals surface area contributed by atoms with Gasteiger partial charge in [0.2, 0.25) is 11.0 Å². The summed E-state index contributed by atoms with van der Waals surface area (Å²) in [7, 11) is -3.53. The highest BCUT2D eigenvalue weighted by Crippen LogP contribution is 2.25. The van der Waals surface area contributed by atoms with Crippen molar-refractivity contribution >= 4 is 15.9 Å². The van der Waals surface area contributed by atoms with Gasteiger partial charge < -0.3 is 10.2 Å². The van der Waals surface area contributed by atoms with Crippen molar-refractivity contribution in [2.24, 2.45) is 5.73 Å². The maximum atomic E-state index is 12.5. The minimum atomic E-state index is -3.53. The average molecular weight is 341 g/mol. The number of sulfonamides is 1. The number of nitrogens with two attached hydrogens (primary N) is 1. The highest BCUT2D eigenvalue weighted by Gasteiger charge is 2.31. The third-order valence-corrected chi connectivity index (χ3v) is 6.37. The lowest BCUT2D eigenvalue weighted by Crippen LogP contribution is -2.47.